The molecule has 0 spiro atoms. The highest BCUT2D eigenvalue weighted by Crippen LogP contribution is 2.30. The Bertz CT molecular complexity index is 635. The third-order valence-electron chi connectivity index (χ3n) is 4.02. The lowest BCUT2D eigenvalue weighted by Crippen LogP contribution is -1.87. The zero-order chi connectivity index (χ0) is 14.9. The number of benzene rings is 3. The van der Waals surface area contributed by atoms with Gasteiger partial charge in [0.1, 0.15) is 0 Å². The molecule has 3 rings (SSSR count). The van der Waals surface area contributed by atoms with Crippen molar-refractivity contribution in [1.29, 1.82) is 0 Å². The van der Waals surface area contributed by atoms with Crippen molar-refractivity contribution < 1.29 is 0 Å². The van der Waals surface area contributed by atoms with E-state index >= 15 is 0 Å². The normalized spacial score (nSPS) is 10.5. The van der Waals surface area contributed by atoms with Crippen LogP contribution in [0.4, 0.5) is 0 Å². The molecule has 0 atom stereocenters. The fourth-order valence-electron chi connectivity index (χ4n) is 2.76. The van der Waals surface area contributed by atoms with Gasteiger partial charge in [0.2, 0.25) is 0 Å². The van der Waals surface area contributed by atoms with Crippen LogP contribution in [-0.2, 0) is 0 Å². The molecule has 0 aliphatic heterocycles. The first-order valence-electron chi connectivity index (χ1n) is 7.48. The van der Waals surface area contributed by atoms with Crippen molar-refractivity contribution in [2.24, 2.45) is 0 Å². The number of hydrogen-bond acceptors (Lipinski definition) is 0. The molecule has 0 bridgehead atoms. The minimum Gasteiger partial charge on any atom is -0.0683 e. The average molecular weight is 264 g/mol. The smallest absolute Gasteiger partial charge is 0.0146 e. The molecular weight excluding hydrogens is 240 g/mol. The topological polar surface area (TPSA) is 0 Å². The van der Waals surface area contributed by atoms with E-state index < -0.39 is 0 Å². The zero-order valence-corrected chi connectivity index (χ0v) is 13.5. The highest BCUT2D eigenvalue weighted by molar-refractivity contribution is 6.03. The van der Waals surface area contributed by atoms with E-state index in [9.17, 15) is 0 Å². The second kappa shape index (κ2) is 5.66. The van der Waals surface area contributed by atoms with Crippen molar-refractivity contribution in [3.63, 3.8) is 0 Å². The van der Waals surface area contributed by atoms with E-state index in [-0.39, 0.29) is 0 Å². The molecule has 0 heteroatoms. The van der Waals surface area contributed by atoms with Gasteiger partial charge in [0, 0.05) is 0 Å². The number of rotatable bonds is 0. The Morgan fingerprint density at radius 3 is 0.850 bits per heavy atom. The second-order valence-corrected chi connectivity index (χ2v) is 5.34. The van der Waals surface area contributed by atoms with Crippen LogP contribution in [0.25, 0.3) is 21.5 Å². The fraction of sp³-hybridized carbons (Fsp3) is 0.300. The van der Waals surface area contributed by atoms with Gasteiger partial charge in [0.25, 0.3) is 0 Å². The van der Waals surface area contributed by atoms with Crippen LogP contribution >= 0.6 is 0 Å². The molecule has 104 valence electrons. The van der Waals surface area contributed by atoms with E-state index in [1.165, 1.54) is 43.8 Å². The van der Waals surface area contributed by atoms with Crippen LogP contribution in [0.5, 0.6) is 0 Å². The maximum Gasteiger partial charge on any atom is -0.0146 e. The minimum atomic E-state index is 1.36. The van der Waals surface area contributed by atoms with E-state index in [2.05, 4.69) is 64.1 Å². The first-order valence-corrected chi connectivity index (χ1v) is 7.48. The maximum absolute atomic E-state index is 2.36. The number of hydrogen-bond donors (Lipinski definition) is 0. The molecule has 0 nitrogen and oxygen atoms in total. The summed E-state index contributed by atoms with van der Waals surface area (Å²) in [7, 11) is 0. The molecule has 0 radical (unpaired) electrons. The van der Waals surface area contributed by atoms with Crippen molar-refractivity contribution >= 4 is 21.5 Å². The molecule has 0 saturated heterocycles. The van der Waals surface area contributed by atoms with Gasteiger partial charge in [-0.2, -0.15) is 0 Å². The molecule has 0 aliphatic rings. The molecule has 0 amide bonds. The summed E-state index contributed by atoms with van der Waals surface area (Å²) in [5.41, 5.74) is 5.44. The van der Waals surface area contributed by atoms with E-state index in [1.54, 1.807) is 0 Å². The summed E-state index contributed by atoms with van der Waals surface area (Å²) in [5, 5.41) is 5.54. The Labute approximate surface area is 122 Å². The Morgan fingerprint density at radius 1 is 0.450 bits per heavy atom. The molecule has 3 aromatic carbocycles. The summed E-state index contributed by atoms with van der Waals surface area (Å²) in [6.07, 6.45) is 0. The van der Waals surface area contributed by atoms with E-state index in [4.69, 9.17) is 0 Å². The second-order valence-electron chi connectivity index (χ2n) is 5.34. The largest absolute Gasteiger partial charge is 0.0683 e. The van der Waals surface area contributed by atoms with Crippen LogP contribution in [-0.4, -0.2) is 0 Å². The Hall–Kier alpha value is -1.82. The van der Waals surface area contributed by atoms with Gasteiger partial charge in [-0.25, -0.2) is 0 Å². The van der Waals surface area contributed by atoms with Gasteiger partial charge in [0.05, 0.1) is 0 Å². The van der Waals surface area contributed by atoms with Crippen LogP contribution in [0.2, 0.25) is 0 Å². The van der Waals surface area contributed by atoms with Gasteiger partial charge in [-0.1, -0.05) is 38.1 Å². The fourth-order valence-corrected chi connectivity index (χ4v) is 2.76. The highest BCUT2D eigenvalue weighted by atomic mass is 14.1. The molecule has 0 unspecified atom stereocenters. The lowest BCUT2D eigenvalue weighted by atomic mass is 9.93. The first-order chi connectivity index (χ1) is 9.58. The third-order valence-corrected chi connectivity index (χ3v) is 4.02. The maximum atomic E-state index is 2.36. The SMILES string of the molecule is CC.Cc1ccc(C)c2cc3c(C)ccc(C)c3cc12. The summed E-state index contributed by atoms with van der Waals surface area (Å²) >= 11 is 0. The molecule has 0 saturated carbocycles. The van der Waals surface area contributed by atoms with Crippen molar-refractivity contribution in [1.82, 2.24) is 0 Å². The summed E-state index contributed by atoms with van der Waals surface area (Å²) < 4.78 is 0. The monoisotopic (exact) mass is 264 g/mol. The summed E-state index contributed by atoms with van der Waals surface area (Å²) in [4.78, 5) is 0. The first kappa shape index (κ1) is 14.6. The molecule has 3 aromatic rings. The van der Waals surface area contributed by atoms with Crippen molar-refractivity contribution in [3.05, 3.63) is 58.7 Å². The molecule has 20 heavy (non-hydrogen) atoms. The Kier molecular flexibility index (Phi) is 4.13. The average Bonchev–Trinajstić information content (AvgIpc) is 2.48. The lowest BCUT2D eigenvalue weighted by molar-refractivity contribution is 1.44. The molecule has 0 N–H and O–H groups in total. The van der Waals surface area contributed by atoms with E-state index in [0.717, 1.165) is 0 Å². The van der Waals surface area contributed by atoms with Crippen molar-refractivity contribution in [2.45, 2.75) is 41.5 Å². The van der Waals surface area contributed by atoms with Crippen LogP contribution in [0.1, 0.15) is 36.1 Å². The predicted molar refractivity (Wildman–Crippen MR) is 91.8 cm³/mol. The van der Waals surface area contributed by atoms with Crippen LogP contribution in [0.15, 0.2) is 36.4 Å². The standard InChI is InChI=1S/C18H18.C2H6/c1-11-5-6-12(2)16-10-18-14(4)8-7-13(3)17(18)9-15(11)16;1-2/h5-10H,1-4H3;1-2H3. The molecule has 0 aliphatic carbocycles. The number of fused-ring (bicyclic) bond motifs is 2. The summed E-state index contributed by atoms with van der Waals surface area (Å²) in [5.74, 6) is 0. The van der Waals surface area contributed by atoms with Gasteiger partial charge >= 0.3 is 0 Å². The molecule has 0 aromatic heterocycles. The minimum absolute atomic E-state index is 1.36. The summed E-state index contributed by atoms with van der Waals surface area (Å²) in [6, 6.07) is 13.6. The Morgan fingerprint density at radius 2 is 0.650 bits per heavy atom. The van der Waals surface area contributed by atoms with Crippen LogP contribution in [0, 0.1) is 27.7 Å². The summed E-state index contributed by atoms with van der Waals surface area (Å²) in [6.45, 7) is 12.8. The lowest BCUT2D eigenvalue weighted by Gasteiger charge is -2.11. The molecule has 0 heterocycles. The molecule has 0 fully saturated rings. The van der Waals surface area contributed by atoms with Gasteiger partial charge in [-0.05, 0) is 83.6 Å². The van der Waals surface area contributed by atoms with Gasteiger partial charge in [-0.3, -0.25) is 0 Å². The molecular formula is C20H24. The quantitative estimate of drug-likeness (QED) is 0.421. The van der Waals surface area contributed by atoms with E-state index in [0.29, 0.717) is 0 Å². The van der Waals surface area contributed by atoms with Crippen LogP contribution < -0.4 is 0 Å². The predicted octanol–water partition coefficient (Wildman–Crippen LogP) is 6.25. The van der Waals surface area contributed by atoms with Crippen LogP contribution in [0.3, 0.4) is 0 Å². The third kappa shape index (κ3) is 2.31. The van der Waals surface area contributed by atoms with E-state index in [1.807, 2.05) is 13.8 Å². The Balaban J connectivity index is 0.000000704. The van der Waals surface area contributed by atoms with Gasteiger partial charge in [-0.15, -0.1) is 0 Å². The number of aryl methyl sites for hydroxylation is 4. The van der Waals surface area contributed by atoms with Crippen molar-refractivity contribution in [3.8, 4) is 0 Å². The van der Waals surface area contributed by atoms with Gasteiger partial charge < -0.3 is 0 Å². The van der Waals surface area contributed by atoms with Gasteiger partial charge in [0.15, 0.2) is 0 Å². The van der Waals surface area contributed by atoms with Crippen molar-refractivity contribution in [2.75, 3.05) is 0 Å². The zero-order valence-electron chi connectivity index (χ0n) is 13.5. The highest BCUT2D eigenvalue weighted by Gasteiger charge is 2.06.